The van der Waals surface area contributed by atoms with E-state index in [4.69, 9.17) is 0 Å². The highest BCUT2D eigenvalue weighted by molar-refractivity contribution is 6.06. The minimum Gasteiger partial charge on any atom is -0.310 e. The van der Waals surface area contributed by atoms with Crippen molar-refractivity contribution in [1.29, 1.82) is 0 Å². The van der Waals surface area contributed by atoms with Gasteiger partial charge in [0.15, 0.2) is 0 Å². The number of nitrogens with zero attached hydrogens (tertiary/aromatic N) is 2. The minimum atomic E-state index is -0.109. The fourth-order valence-electron chi connectivity index (χ4n) is 11.1. The number of hydrogen-bond acceptors (Lipinski definition) is 1. The van der Waals surface area contributed by atoms with Crippen LogP contribution in [-0.4, -0.2) is 4.57 Å². The average molecular weight is 847 g/mol. The zero-order chi connectivity index (χ0) is 44.6. The Hall–Kier alpha value is -7.94. The topological polar surface area (TPSA) is 8.17 Å². The molecule has 2 aliphatic carbocycles. The van der Waals surface area contributed by atoms with E-state index in [1.165, 1.54) is 77.8 Å². The van der Waals surface area contributed by atoms with Crippen molar-refractivity contribution in [3.05, 3.63) is 252 Å². The summed E-state index contributed by atoms with van der Waals surface area (Å²) in [5, 5.41) is 1.23. The average Bonchev–Trinajstić information content (AvgIpc) is 3.91. The quantitative estimate of drug-likeness (QED) is 0.138. The van der Waals surface area contributed by atoms with Gasteiger partial charge in [0.2, 0.25) is 0 Å². The Labute approximate surface area is 388 Å². The summed E-state index contributed by atoms with van der Waals surface area (Å²) in [6.07, 6.45) is 4.49. The molecule has 0 bridgehead atoms. The first kappa shape index (κ1) is 39.6. The van der Waals surface area contributed by atoms with Gasteiger partial charge in [0.1, 0.15) is 0 Å². The smallest absolute Gasteiger partial charge is 0.0619 e. The van der Waals surface area contributed by atoms with E-state index in [9.17, 15) is 0 Å². The summed E-state index contributed by atoms with van der Waals surface area (Å²) in [5.41, 5.74) is 23.5. The van der Waals surface area contributed by atoms with Crippen LogP contribution in [-0.2, 0) is 10.8 Å². The van der Waals surface area contributed by atoms with Crippen molar-refractivity contribution in [3.8, 4) is 50.3 Å². The van der Waals surface area contributed by atoms with Crippen molar-refractivity contribution in [1.82, 2.24) is 4.57 Å². The second kappa shape index (κ2) is 15.4. The molecule has 1 aromatic heterocycles. The molecule has 0 spiro atoms. The minimum absolute atomic E-state index is 0.109. The molecule has 0 unspecified atom stereocenters. The van der Waals surface area contributed by atoms with Crippen molar-refractivity contribution >= 4 is 40.1 Å². The van der Waals surface area contributed by atoms with E-state index in [1.807, 2.05) is 0 Å². The van der Waals surface area contributed by atoms with Crippen molar-refractivity contribution in [2.24, 2.45) is 0 Å². The van der Waals surface area contributed by atoms with Gasteiger partial charge in [-0.1, -0.05) is 204 Å². The molecule has 9 aromatic carbocycles. The van der Waals surface area contributed by atoms with Crippen LogP contribution in [0.3, 0.4) is 0 Å². The van der Waals surface area contributed by atoms with Crippen LogP contribution in [0.2, 0.25) is 0 Å². The first-order valence-electron chi connectivity index (χ1n) is 23.2. The molecule has 0 atom stereocenters. The third kappa shape index (κ3) is 6.31. The molecule has 0 fully saturated rings. The van der Waals surface area contributed by atoms with Crippen LogP contribution in [0, 0.1) is 0 Å². The monoisotopic (exact) mass is 846 g/mol. The molecule has 2 heteroatoms. The molecule has 12 rings (SSSR count). The number of fused-ring (bicyclic) bond motifs is 7. The Morgan fingerprint density at radius 3 is 1.41 bits per heavy atom. The lowest BCUT2D eigenvalue weighted by molar-refractivity contribution is 0.660. The zero-order valence-corrected chi connectivity index (χ0v) is 37.8. The van der Waals surface area contributed by atoms with Crippen LogP contribution in [0.25, 0.3) is 73.4 Å². The number of hydrogen-bond donors (Lipinski definition) is 0. The lowest BCUT2D eigenvalue weighted by atomic mass is 9.82. The molecule has 0 aliphatic heterocycles. The van der Waals surface area contributed by atoms with Gasteiger partial charge in [0, 0.05) is 44.5 Å². The van der Waals surface area contributed by atoms with Gasteiger partial charge < -0.3 is 9.47 Å². The molecule has 316 valence electrons. The standard InChI is InChI=1S/C64H50N2/c1-63(2)56-26-16-14-24-51(56)53-38-35-49(41-58(53)63)65(50-36-39-54-52-25-15-17-27-57(52)64(3,4)59(54)42-50)48-33-30-43(31-34-48)28-29-44-32-37-55-60(40-44)66(47-22-12-7-13-23-47)62(46-20-10-6-11-21-46)61(55)45-18-8-5-9-19-45/h5-42H,1-4H3/b29-28+. The molecule has 0 N–H and O–H groups in total. The van der Waals surface area contributed by atoms with Crippen LogP contribution in [0.5, 0.6) is 0 Å². The molecule has 66 heavy (non-hydrogen) atoms. The first-order valence-corrected chi connectivity index (χ1v) is 23.2. The third-order valence-electron chi connectivity index (χ3n) is 14.4. The highest BCUT2D eigenvalue weighted by Gasteiger charge is 2.37. The molecule has 2 nitrogen and oxygen atoms in total. The van der Waals surface area contributed by atoms with Crippen LogP contribution in [0.15, 0.2) is 218 Å². The second-order valence-electron chi connectivity index (χ2n) is 19.0. The maximum Gasteiger partial charge on any atom is 0.0619 e. The highest BCUT2D eigenvalue weighted by Crippen LogP contribution is 2.53. The summed E-state index contributed by atoms with van der Waals surface area (Å²) in [6.45, 7) is 9.46. The molecule has 0 radical (unpaired) electrons. The fourth-order valence-corrected chi connectivity index (χ4v) is 11.1. The Bertz CT molecular complexity index is 3390. The maximum atomic E-state index is 2.45. The summed E-state index contributed by atoms with van der Waals surface area (Å²) in [5.74, 6) is 0. The summed E-state index contributed by atoms with van der Waals surface area (Å²) in [4.78, 5) is 2.45. The van der Waals surface area contributed by atoms with E-state index in [-0.39, 0.29) is 10.8 Å². The number of anilines is 3. The Kier molecular flexibility index (Phi) is 9.22. The molecule has 1 heterocycles. The summed E-state index contributed by atoms with van der Waals surface area (Å²) < 4.78 is 2.44. The second-order valence-corrected chi connectivity index (χ2v) is 19.0. The number of benzene rings is 9. The molecule has 0 saturated carbocycles. The molecule has 0 amide bonds. The molecule has 2 aliphatic rings. The fraction of sp³-hybridized carbons (Fsp3) is 0.0938. The summed E-state index contributed by atoms with van der Waals surface area (Å²) >= 11 is 0. The molecule has 0 saturated heterocycles. The van der Waals surface area contributed by atoms with E-state index in [2.05, 4.69) is 268 Å². The molecular formula is C64H50N2. The van der Waals surface area contributed by atoms with Crippen molar-refractivity contribution in [3.63, 3.8) is 0 Å². The number of rotatable bonds is 8. The number of para-hydroxylation sites is 1. The van der Waals surface area contributed by atoms with Crippen LogP contribution >= 0.6 is 0 Å². The predicted molar refractivity (Wildman–Crippen MR) is 279 cm³/mol. The van der Waals surface area contributed by atoms with Gasteiger partial charge in [-0.25, -0.2) is 0 Å². The van der Waals surface area contributed by atoms with Gasteiger partial charge in [-0.05, 0) is 121 Å². The van der Waals surface area contributed by atoms with Gasteiger partial charge in [0.05, 0.1) is 11.2 Å². The third-order valence-corrected chi connectivity index (χ3v) is 14.4. The van der Waals surface area contributed by atoms with Gasteiger partial charge in [0.25, 0.3) is 0 Å². The SMILES string of the molecule is CC1(C)c2ccccc2-c2ccc(N(c3ccc(/C=C/c4ccc5c(-c6ccccc6)c(-c6ccccc6)n(-c6ccccc6)c5c4)cc3)c3ccc4c(c3)C(C)(C)c3ccccc3-4)cc21. The normalized spacial score (nSPS) is 13.9. The molecule has 10 aromatic rings. The Morgan fingerprint density at radius 2 is 0.833 bits per heavy atom. The van der Waals surface area contributed by atoms with Gasteiger partial charge in [-0.15, -0.1) is 0 Å². The van der Waals surface area contributed by atoms with E-state index >= 15 is 0 Å². The lowest BCUT2D eigenvalue weighted by Gasteiger charge is -2.29. The van der Waals surface area contributed by atoms with Gasteiger partial charge in [-0.2, -0.15) is 0 Å². The van der Waals surface area contributed by atoms with E-state index in [0.29, 0.717) is 0 Å². The van der Waals surface area contributed by atoms with Crippen molar-refractivity contribution in [2.75, 3.05) is 4.90 Å². The van der Waals surface area contributed by atoms with Crippen molar-refractivity contribution in [2.45, 2.75) is 38.5 Å². The van der Waals surface area contributed by atoms with E-state index in [0.717, 1.165) is 33.9 Å². The van der Waals surface area contributed by atoms with Crippen molar-refractivity contribution < 1.29 is 0 Å². The maximum absolute atomic E-state index is 2.45. The summed E-state index contributed by atoms with van der Waals surface area (Å²) in [6, 6.07) is 80.3. The van der Waals surface area contributed by atoms with E-state index in [1.54, 1.807) is 0 Å². The lowest BCUT2D eigenvalue weighted by Crippen LogP contribution is -2.18. The highest BCUT2D eigenvalue weighted by atomic mass is 15.1. The van der Waals surface area contributed by atoms with Crippen LogP contribution < -0.4 is 4.90 Å². The number of aromatic nitrogens is 1. The Balaban J connectivity index is 0.946. The van der Waals surface area contributed by atoms with Crippen LogP contribution in [0.1, 0.15) is 61.1 Å². The van der Waals surface area contributed by atoms with E-state index < -0.39 is 0 Å². The zero-order valence-electron chi connectivity index (χ0n) is 37.8. The van der Waals surface area contributed by atoms with Gasteiger partial charge in [-0.3, -0.25) is 0 Å². The predicted octanol–water partition coefficient (Wildman–Crippen LogP) is 17.2. The Morgan fingerprint density at radius 1 is 0.379 bits per heavy atom. The first-order chi connectivity index (χ1) is 32.3. The van der Waals surface area contributed by atoms with Crippen LogP contribution in [0.4, 0.5) is 17.1 Å². The largest absolute Gasteiger partial charge is 0.310 e. The van der Waals surface area contributed by atoms with Gasteiger partial charge >= 0.3 is 0 Å². The molecular weight excluding hydrogens is 797 g/mol. The summed E-state index contributed by atoms with van der Waals surface area (Å²) in [7, 11) is 0.